The van der Waals surface area contributed by atoms with E-state index in [1.807, 2.05) is 30.3 Å². The largest absolute Gasteiger partial charge is 0.298 e. The normalized spacial score (nSPS) is 27.5. The smallest absolute Gasteiger partial charge is 0.185 e. The van der Waals surface area contributed by atoms with Gasteiger partial charge in [0.15, 0.2) is 15.6 Å². The quantitative estimate of drug-likeness (QED) is 0.772. The van der Waals surface area contributed by atoms with Gasteiger partial charge in [-0.15, -0.1) is 0 Å². The van der Waals surface area contributed by atoms with Gasteiger partial charge in [-0.3, -0.25) is 4.79 Å². The summed E-state index contributed by atoms with van der Waals surface area (Å²) >= 11 is 0. The molecule has 0 amide bonds. The lowest BCUT2D eigenvalue weighted by molar-refractivity contribution is -0.121. The van der Waals surface area contributed by atoms with Crippen LogP contribution in [0.5, 0.6) is 0 Å². The van der Waals surface area contributed by atoms with Crippen LogP contribution >= 0.6 is 0 Å². The second-order valence-corrected chi connectivity index (χ2v) is 8.94. The maximum Gasteiger partial charge on any atom is 0.185 e. The van der Waals surface area contributed by atoms with Crippen LogP contribution in [0, 0.1) is 17.8 Å². The summed E-state index contributed by atoms with van der Waals surface area (Å²) in [6.07, 6.45) is 5.24. The number of Topliss-reactive ketones (excluding diaryl/α,β-unsaturated/α-hetero) is 1. The molecule has 2 bridgehead atoms. The molecule has 4 rings (SSSR count). The van der Waals surface area contributed by atoms with Crippen molar-refractivity contribution in [3.05, 3.63) is 78.4 Å². The fraction of sp³-hybridized carbons (Fsp3) is 0.286. The third-order valence-corrected chi connectivity index (χ3v) is 7.11. The van der Waals surface area contributed by atoms with E-state index >= 15 is 0 Å². The minimum absolute atomic E-state index is 0.0923. The number of carbonyl (C=O) groups excluding carboxylic acids is 1. The third kappa shape index (κ3) is 2.95. The summed E-state index contributed by atoms with van der Waals surface area (Å²) in [5, 5.41) is 0. The molecule has 0 saturated heterocycles. The Bertz CT molecular complexity index is 901. The molecule has 4 atom stereocenters. The monoisotopic (exact) mass is 352 g/mol. The van der Waals surface area contributed by atoms with Crippen LogP contribution in [-0.4, -0.2) is 20.0 Å². The van der Waals surface area contributed by atoms with Crippen LogP contribution in [0.15, 0.2) is 77.7 Å². The van der Waals surface area contributed by atoms with Gasteiger partial charge >= 0.3 is 0 Å². The topological polar surface area (TPSA) is 51.2 Å². The Kier molecular flexibility index (Phi) is 4.08. The maximum atomic E-state index is 13.0. The lowest BCUT2D eigenvalue weighted by Crippen LogP contribution is -2.31. The number of hydrogen-bond acceptors (Lipinski definition) is 3. The lowest BCUT2D eigenvalue weighted by atomic mass is 9.77. The van der Waals surface area contributed by atoms with Crippen molar-refractivity contribution in [2.75, 3.05) is 5.75 Å². The molecular formula is C21H20O3S. The first-order valence-electron chi connectivity index (χ1n) is 8.60. The zero-order chi connectivity index (χ0) is 17.4. The van der Waals surface area contributed by atoms with Crippen LogP contribution in [0.4, 0.5) is 0 Å². The van der Waals surface area contributed by atoms with Gasteiger partial charge in [-0.2, -0.15) is 0 Å². The van der Waals surface area contributed by atoms with E-state index in [-0.39, 0.29) is 28.4 Å². The fourth-order valence-corrected chi connectivity index (χ4v) is 5.69. The summed E-state index contributed by atoms with van der Waals surface area (Å²) < 4.78 is 25.2. The van der Waals surface area contributed by atoms with Gasteiger partial charge in [-0.25, -0.2) is 8.42 Å². The average Bonchev–Trinajstić information content (AvgIpc) is 3.24. The Morgan fingerprint density at radius 2 is 1.48 bits per heavy atom. The number of rotatable bonds is 5. The summed E-state index contributed by atoms with van der Waals surface area (Å²) in [6, 6.07) is 18.3. The van der Waals surface area contributed by atoms with Gasteiger partial charge in [0.1, 0.15) is 5.75 Å². The Balaban J connectivity index is 1.62. The van der Waals surface area contributed by atoms with Crippen LogP contribution < -0.4 is 0 Å². The fourth-order valence-electron chi connectivity index (χ4n) is 4.39. The minimum atomic E-state index is -3.59. The Morgan fingerprint density at radius 3 is 2.16 bits per heavy atom. The van der Waals surface area contributed by atoms with Gasteiger partial charge in [0.2, 0.25) is 0 Å². The van der Waals surface area contributed by atoms with E-state index < -0.39 is 15.6 Å². The van der Waals surface area contributed by atoms with Crippen molar-refractivity contribution in [2.24, 2.45) is 17.8 Å². The van der Waals surface area contributed by atoms with Crippen molar-refractivity contribution in [3.8, 4) is 0 Å². The average molecular weight is 352 g/mol. The second kappa shape index (κ2) is 6.26. The Hall–Kier alpha value is -2.20. The molecule has 2 aliphatic rings. The van der Waals surface area contributed by atoms with E-state index in [4.69, 9.17) is 0 Å². The number of carbonyl (C=O) groups is 1. The first-order chi connectivity index (χ1) is 12.1. The Morgan fingerprint density at radius 1 is 0.880 bits per heavy atom. The molecule has 0 N–H and O–H groups in total. The molecule has 25 heavy (non-hydrogen) atoms. The molecule has 128 valence electrons. The molecule has 0 heterocycles. The number of hydrogen-bond donors (Lipinski definition) is 0. The van der Waals surface area contributed by atoms with E-state index in [1.165, 1.54) is 0 Å². The van der Waals surface area contributed by atoms with Crippen molar-refractivity contribution in [2.45, 2.75) is 17.2 Å². The highest BCUT2D eigenvalue weighted by atomic mass is 32.2. The van der Waals surface area contributed by atoms with Gasteiger partial charge in [0, 0.05) is 11.8 Å². The number of sulfone groups is 1. The molecule has 3 nitrogen and oxygen atoms in total. The molecule has 0 unspecified atom stereocenters. The molecule has 2 aromatic rings. The summed E-state index contributed by atoms with van der Waals surface area (Å²) in [5.74, 6) is -0.225. The van der Waals surface area contributed by atoms with Crippen molar-refractivity contribution >= 4 is 15.6 Å². The van der Waals surface area contributed by atoms with E-state index in [9.17, 15) is 13.2 Å². The number of benzene rings is 2. The number of allylic oxidation sites excluding steroid dienone is 2. The summed E-state index contributed by atoms with van der Waals surface area (Å²) in [5.41, 5.74) is 1.13. The van der Waals surface area contributed by atoms with Crippen LogP contribution in [0.1, 0.15) is 17.9 Å². The highest BCUT2D eigenvalue weighted by molar-refractivity contribution is 7.92. The Labute approximate surface area is 148 Å². The molecule has 0 aliphatic heterocycles. The lowest BCUT2D eigenvalue weighted by Gasteiger charge is -2.27. The van der Waals surface area contributed by atoms with Gasteiger partial charge in [0.05, 0.1) is 4.90 Å². The summed E-state index contributed by atoms with van der Waals surface area (Å²) in [6.45, 7) is 0. The van der Waals surface area contributed by atoms with Crippen molar-refractivity contribution in [1.29, 1.82) is 0 Å². The van der Waals surface area contributed by atoms with Gasteiger partial charge in [-0.05, 0) is 36.0 Å². The van der Waals surface area contributed by atoms with Crippen molar-refractivity contribution < 1.29 is 13.2 Å². The van der Waals surface area contributed by atoms with Gasteiger partial charge in [-0.1, -0.05) is 60.7 Å². The first-order valence-corrected chi connectivity index (χ1v) is 10.3. The number of fused-ring (bicyclic) bond motifs is 2. The van der Waals surface area contributed by atoms with E-state index in [0.29, 0.717) is 5.92 Å². The number of ketones is 1. The second-order valence-electron chi connectivity index (χ2n) is 6.95. The van der Waals surface area contributed by atoms with Crippen molar-refractivity contribution in [3.63, 3.8) is 0 Å². The SMILES string of the molecule is O=C(CS(=O)(=O)c1ccccc1)[C@H]1[C@H](c2ccccc2)[C@H]2C=C[C@@H]1C2. The molecule has 0 aromatic heterocycles. The molecule has 0 radical (unpaired) electrons. The zero-order valence-corrected chi connectivity index (χ0v) is 14.6. The molecular weight excluding hydrogens is 332 g/mol. The van der Waals surface area contributed by atoms with Gasteiger partial charge < -0.3 is 0 Å². The molecule has 0 spiro atoms. The summed E-state index contributed by atoms with van der Waals surface area (Å²) in [7, 11) is -3.59. The molecule has 2 aromatic carbocycles. The van der Waals surface area contributed by atoms with E-state index in [1.54, 1.807) is 30.3 Å². The van der Waals surface area contributed by atoms with Gasteiger partial charge in [0.25, 0.3) is 0 Å². The zero-order valence-electron chi connectivity index (χ0n) is 13.8. The highest BCUT2D eigenvalue weighted by Crippen LogP contribution is 2.53. The van der Waals surface area contributed by atoms with E-state index in [2.05, 4.69) is 12.2 Å². The van der Waals surface area contributed by atoms with Crippen LogP contribution in [0.25, 0.3) is 0 Å². The predicted octanol–water partition coefficient (Wildman–Crippen LogP) is 3.64. The summed E-state index contributed by atoms with van der Waals surface area (Å²) in [4.78, 5) is 13.2. The standard InChI is InChI=1S/C21H20O3S/c22-19(14-25(23,24)18-9-5-2-6-10-18)21-17-12-11-16(13-17)20(21)15-7-3-1-4-8-15/h1-12,16-17,20-21H,13-14H2/t16-,17+,20+,21-/m0/s1. The third-order valence-electron chi connectivity index (χ3n) is 5.45. The molecule has 4 heteroatoms. The van der Waals surface area contributed by atoms with E-state index in [0.717, 1.165) is 12.0 Å². The predicted molar refractivity (Wildman–Crippen MR) is 96.9 cm³/mol. The molecule has 1 saturated carbocycles. The van der Waals surface area contributed by atoms with Crippen molar-refractivity contribution in [1.82, 2.24) is 0 Å². The minimum Gasteiger partial charge on any atom is -0.298 e. The van der Waals surface area contributed by atoms with Crippen LogP contribution in [-0.2, 0) is 14.6 Å². The molecule has 2 aliphatic carbocycles. The maximum absolute atomic E-state index is 13.0. The van der Waals surface area contributed by atoms with Crippen LogP contribution in [0.3, 0.4) is 0 Å². The first kappa shape index (κ1) is 16.3. The van der Waals surface area contributed by atoms with Crippen LogP contribution in [0.2, 0.25) is 0 Å². The molecule has 1 fully saturated rings. The highest BCUT2D eigenvalue weighted by Gasteiger charge is 2.48.